The van der Waals surface area contributed by atoms with E-state index in [1.807, 2.05) is 13.8 Å². The minimum atomic E-state index is -0.511. The number of ketones is 1. The number of hydrogen-bond acceptors (Lipinski definition) is 5. The molecule has 2 N–H and O–H groups in total. The number of hydrogen-bond donors (Lipinski definition) is 2. The Morgan fingerprint density at radius 2 is 2.14 bits per heavy atom. The van der Waals surface area contributed by atoms with Crippen molar-refractivity contribution in [1.82, 2.24) is 9.97 Å². The molecule has 7 heteroatoms. The van der Waals surface area contributed by atoms with Crippen molar-refractivity contribution in [2.75, 3.05) is 5.32 Å². The Hall–Kier alpha value is -2.28. The molecule has 2 aliphatic rings. The van der Waals surface area contributed by atoms with E-state index in [9.17, 15) is 14.4 Å². The summed E-state index contributed by atoms with van der Waals surface area (Å²) < 4.78 is 0. The molecule has 2 aliphatic carbocycles. The molecule has 0 aliphatic heterocycles. The fourth-order valence-electron chi connectivity index (χ4n) is 4.51. The second-order valence-corrected chi connectivity index (χ2v) is 10.2. The van der Waals surface area contributed by atoms with Crippen LogP contribution in [0.25, 0.3) is 0 Å². The molecule has 2 heterocycles. The second kappa shape index (κ2) is 7.52. The number of aromatic nitrogens is 2. The zero-order valence-electron chi connectivity index (χ0n) is 17.2. The summed E-state index contributed by atoms with van der Waals surface area (Å²) in [5.41, 5.74) is 1.46. The number of H-pyrrole nitrogens is 1. The molecule has 0 spiro atoms. The van der Waals surface area contributed by atoms with Gasteiger partial charge in [0.25, 0.3) is 11.5 Å². The van der Waals surface area contributed by atoms with Crippen LogP contribution in [-0.4, -0.2) is 21.7 Å². The van der Waals surface area contributed by atoms with Crippen molar-refractivity contribution in [2.24, 2.45) is 11.3 Å². The topological polar surface area (TPSA) is 91.9 Å². The van der Waals surface area contributed by atoms with Gasteiger partial charge in [0, 0.05) is 22.6 Å². The van der Waals surface area contributed by atoms with Crippen molar-refractivity contribution >= 4 is 28.2 Å². The van der Waals surface area contributed by atoms with Gasteiger partial charge in [0.05, 0.1) is 5.69 Å². The number of nitrogens with one attached hydrogen (secondary N) is 2. The number of pyridine rings is 1. The Morgan fingerprint density at radius 3 is 2.90 bits per heavy atom. The van der Waals surface area contributed by atoms with Gasteiger partial charge in [-0.05, 0) is 43.1 Å². The Bertz CT molecular complexity index is 1030. The van der Waals surface area contributed by atoms with Crippen molar-refractivity contribution in [1.29, 1.82) is 0 Å². The first kappa shape index (κ1) is 20.0. The number of fused-ring (bicyclic) bond motifs is 2. The lowest BCUT2D eigenvalue weighted by atomic mass is 9.75. The van der Waals surface area contributed by atoms with Gasteiger partial charge >= 0.3 is 0 Å². The summed E-state index contributed by atoms with van der Waals surface area (Å²) in [4.78, 5) is 46.3. The van der Waals surface area contributed by atoms with E-state index in [2.05, 4.69) is 22.2 Å². The van der Waals surface area contributed by atoms with E-state index in [0.29, 0.717) is 35.1 Å². The molecule has 0 radical (unpaired) electrons. The third-order valence-corrected chi connectivity index (χ3v) is 6.96. The number of nitrogens with zero attached hydrogens (tertiary/aromatic N) is 1. The molecule has 4 rings (SSSR count). The zero-order valence-corrected chi connectivity index (χ0v) is 18.0. The summed E-state index contributed by atoms with van der Waals surface area (Å²) in [7, 11) is 0. The fraction of sp³-hybridized carbons (Fsp3) is 0.545. The molecule has 0 fully saturated rings. The second-order valence-electron chi connectivity index (χ2n) is 9.09. The lowest BCUT2D eigenvalue weighted by Crippen LogP contribution is -2.32. The number of aromatic amines is 1. The fourth-order valence-corrected chi connectivity index (χ4v) is 5.63. The summed E-state index contributed by atoms with van der Waals surface area (Å²) in [5.74, 6) is 0.145. The molecule has 0 bridgehead atoms. The minimum Gasteiger partial charge on any atom is -0.325 e. The first-order valence-corrected chi connectivity index (χ1v) is 11.2. The lowest BCUT2D eigenvalue weighted by molar-refractivity contribution is 0.0910. The molecule has 1 unspecified atom stereocenters. The van der Waals surface area contributed by atoms with Crippen molar-refractivity contribution in [3.63, 3.8) is 0 Å². The van der Waals surface area contributed by atoms with Gasteiger partial charge in [-0.15, -0.1) is 11.3 Å². The number of aryl methyl sites for hydroxylation is 1. The number of carbonyl (C=O) groups is 2. The molecule has 154 valence electrons. The van der Waals surface area contributed by atoms with Gasteiger partial charge in [-0.25, -0.2) is 4.98 Å². The van der Waals surface area contributed by atoms with E-state index in [1.165, 1.54) is 35.1 Å². The van der Waals surface area contributed by atoms with Gasteiger partial charge in [0.15, 0.2) is 10.9 Å². The van der Waals surface area contributed by atoms with E-state index in [4.69, 9.17) is 0 Å². The number of rotatable bonds is 4. The Morgan fingerprint density at radius 1 is 1.34 bits per heavy atom. The Balaban J connectivity index is 1.55. The zero-order chi connectivity index (χ0) is 20.8. The van der Waals surface area contributed by atoms with Crippen LogP contribution in [0, 0.1) is 11.3 Å². The predicted molar refractivity (Wildman–Crippen MR) is 114 cm³/mol. The maximum absolute atomic E-state index is 12.8. The average Bonchev–Trinajstić information content (AvgIpc) is 3.01. The van der Waals surface area contributed by atoms with Crippen LogP contribution in [0.1, 0.15) is 83.4 Å². The number of thiazole rings is 1. The Kier molecular flexibility index (Phi) is 5.19. The summed E-state index contributed by atoms with van der Waals surface area (Å²) in [6.45, 7) is 6.21. The molecular weight excluding hydrogens is 386 g/mol. The first-order chi connectivity index (χ1) is 13.8. The normalized spacial score (nSPS) is 20.1. The highest BCUT2D eigenvalue weighted by Gasteiger charge is 2.33. The van der Waals surface area contributed by atoms with Crippen LogP contribution >= 0.6 is 11.3 Å². The number of carbonyl (C=O) groups excluding carboxylic acids is 2. The highest BCUT2D eigenvalue weighted by atomic mass is 32.1. The molecular formula is C22H27N3O3S. The van der Waals surface area contributed by atoms with E-state index < -0.39 is 11.5 Å². The van der Waals surface area contributed by atoms with Gasteiger partial charge in [0.1, 0.15) is 5.56 Å². The van der Waals surface area contributed by atoms with Crippen LogP contribution in [0.4, 0.5) is 5.13 Å². The molecule has 2 aromatic heterocycles. The number of anilines is 1. The van der Waals surface area contributed by atoms with Gasteiger partial charge < -0.3 is 4.98 Å². The van der Waals surface area contributed by atoms with Gasteiger partial charge in [-0.2, -0.15) is 0 Å². The summed E-state index contributed by atoms with van der Waals surface area (Å²) in [5, 5.41) is 3.31. The van der Waals surface area contributed by atoms with Crippen LogP contribution in [0.2, 0.25) is 0 Å². The van der Waals surface area contributed by atoms with Crippen molar-refractivity contribution in [2.45, 2.75) is 65.7 Å². The van der Waals surface area contributed by atoms with Crippen molar-refractivity contribution in [3.8, 4) is 0 Å². The van der Waals surface area contributed by atoms with E-state index >= 15 is 0 Å². The van der Waals surface area contributed by atoms with Gasteiger partial charge in [-0.1, -0.05) is 33.6 Å². The monoisotopic (exact) mass is 413 g/mol. The van der Waals surface area contributed by atoms with E-state index in [-0.39, 0.29) is 16.8 Å². The summed E-state index contributed by atoms with van der Waals surface area (Å²) >= 11 is 1.50. The standard InChI is InChI=1S/C22H27N3O3S/c1-4-5-12-6-7-15-18(8-12)29-21(24-15)25-20(28)14-9-13-16(23-19(14)27)10-22(2,3)11-17(13)26/h9,12H,4-8,10-11H2,1-3H3,(H,23,27)(H,24,25,28). The summed E-state index contributed by atoms with van der Waals surface area (Å²) in [6, 6.07) is 1.45. The van der Waals surface area contributed by atoms with Crippen LogP contribution in [-0.2, 0) is 19.3 Å². The molecule has 0 saturated carbocycles. The van der Waals surface area contributed by atoms with Crippen molar-refractivity contribution < 1.29 is 9.59 Å². The average molecular weight is 414 g/mol. The molecule has 1 atom stereocenters. The number of Topliss-reactive ketones (excluding diaryl/α,β-unsaturated/α-hetero) is 1. The maximum atomic E-state index is 12.8. The SMILES string of the molecule is CCCC1CCc2nc(NC(=O)c3cc4c([nH]c3=O)CC(C)(C)CC4=O)sc2C1. The highest BCUT2D eigenvalue weighted by molar-refractivity contribution is 7.15. The molecule has 0 aromatic carbocycles. The third-order valence-electron chi connectivity index (χ3n) is 5.92. The van der Waals surface area contributed by atoms with Crippen LogP contribution < -0.4 is 10.9 Å². The van der Waals surface area contributed by atoms with E-state index in [1.54, 1.807) is 0 Å². The molecule has 1 amide bonds. The largest absolute Gasteiger partial charge is 0.325 e. The highest BCUT2D eigenvalue weighted by Crippen LogP contribution is 2.35. The molecule has 0 saturated heterocycles. The molecule has 2 aromatic rings. The number of amides is 1. The molecule has 29 heavy (non-hydrogen) atoms. The first-order valence-electron chi connectivity index (χ1n) is 10.3. The van der Waals surface area contributed by atoms with Crippen molar-refractivity contribution in [3.05, 3.63) is 43.8 Å². The Labute approximate surface area is 174 Å². The third kappa shape index (κ3) is 4.06. The molecule has 6 nitrogen and oxygen atoms in total. The van der Waals surface area contributed by atoms with Gasteiger partial charge in [-0.3, -0.25) is 19.7 Å². The van der Waals surface area contributed by atoms with E-state index in [0.717, 1.165) is 25.0 Å². The smallest absolute Gasteiger partial charge is 0.263 e. The predicted octanol–water partition coefficient (Wildman–Crippen LogP) is 4.14. The van der Waals surface area contributed by atoms with Gasteiger partial charge in [0.2, 0.25) is 0 Å². The van der Waals surface area contributed by atoms with Crippen LogP contribution in [0.5, 0.6) is 0 Å². The van der Waals surface area contributed by atoms with Crippen LogP contribution in [0.3, 0.4) is 0 Å². The maximum Gasteiger partial charge on any atom is 0.263 e. The summed E-state index contributed by atoms with van der Waals surface area (Å²) in [6.07, 6.45) is 6.51. The van der Waals surface area contributed by atoms with Crippen LogP contribution in [0.15, 0.2) is 10.9 Å². The minimum absolute atomic E-state index is 0.0335. The quantitative estimate of drug-likeness (QED) is 0.788. The lowest BCUT2D eigenvalue weighted by Gasteiger charge is -2.29.